The maximum Gasteiger partial charge on any atom is 0.255 e. The van der Waals surface area contributed by atoms with Gasteiger partial charge in [-0.25, -0.2) is 0 Å². The number of benzene rings is 1. The molecule has 0 radical (unpaired) electrons. The van der Waals surface area contributed by atoms with Gasteiger partial charge in [-0.2, -0.15) is 0 Å². The van der Waals surface area contributed by atoms with Crippen LogP contribution in [0.1, 0.15) is 28.7 Å². The van der Waals surface area contributed by atoms with Gasteiger partial charge in [0.2, 0.25) is 0 Å². The number of aromatic nitrogens is 1. The average Bonchev–Trinajstić information content (AvgIpc) is 2.90. The molecular weight excluding hydrogens is 288 g/mol. The van der Waals surface area contributed by atoms with Gasteiger partial charge in [0.1, 0.15) is 11.5 Å². The molecule has 1 aromatic carbocycles. The van der Waals surface area contributed by atoms with E-state index in [1.807, 2.05) is 6.92 Å². The number of aryl methyl sites for hydroxylation is 1. The van der Waals surface area contributed by atoms with Crippen molar-refractivity contribution in [3.63, 3.8) is 0 Å². The molecule has 0 aliphatic carbocycles. The quantitative estimate of drug-likeness (QED) is 0.851. The van der Waals surface area contributed by atoms with Crippen LogP contribution in [0.2, 0.25) is 0 Å². The summed E-state index contributed by atoms with van der Waals surface area (Å²) in [4.78, 5) is 14.7. The molecule has 2 aromatic rings. The van der Waals surface area contributed by atoms with E-state index in [4.69, 9.17) is 4.52 Å². The molecule has 0 saturated carbocycles. The zero-order valence-corrected chi connectivity index (χ0v) is 13.1. The van der Waals surface area contributed by atoms with Gasteiger partial charge in [0.15, 0.2) is 0 Å². The second-order valence-electron chi connectivity index (χ2n) is 4.72. The van der Waals surface area contributed by atoms with Gasteiger partial charge in [0.05, 0.1) is 27.8 Å². The molecule has 2 rings (SSSR count). The molecule has 0 aliphatic heterocycles. The molecule has 1 amide bonds. The number of hydrogen-bond donors (Lipinski definition) is 0. The number of carbonyl (C=O) groups is 1. The SMILES string of the molecule is CC[S@@](=O)c1ccccc1C(=O)N(C)Cc1cc(C)on1. The van der Waals surface area contributed by atoms with Crippen molar-refractivity contribution in [1.29, 1.82) is 0 Å². The zero-order valence-electron chi connectivity index (χ0n) is 12.3. The van der Waals surface area contributed by atoms with E-state index in [9.17, 15) is 9.00 Å². The Morgan fingerprint density at radius 1 is 1.38 bits per heavy atom. The Morgan fingerprint density at radius 3 is 2.71 bits per heavy atom. The summed E-state index contributed by atoms with van der Waals surface area (Å²) in [5.74, 6) is 1.02. The third kappa shape index (κ3) is 3.58. The largest absolute Gasteiger partial charge is 0.361 e. The lowest BCUT2D eigenvalue weighted by Crippen LogP contribution is -2.27. The van der Waals surface area contributed by atoms with Gasteiger partial charge in [0, 0.05) is 18.9 Å². The minimum atomic E-state index is -1.16. The highest BCUT2D eigenvalue weighted by Gasteiger charge is 2.19. The number of hydrogen-bond acceptors (Lipinski definition) is 4. The first-order valence-electron chi connectivity index (χ1n) is 6.68. The van der Waals surface area contributed by atoms with Gasteiger partial charge < -0.3 is 9.42 Å². The molecule has 1 atom stereocenters. The van der Waals surface area contributed by atoms with Gasteiger partial charge in [-0.3, -0.25) is 9.00 Å². The smallest absolute Gasteiger partial charge is 0.255 e. The predicted molar refractivity (Wildman–Crippen MR) is 80.4 cm³/mol. The summed E-state index contributed by atoms with van der Waals surface area (Å²) in [6, 6.07) is 8.80. The Kier molecular flexibility index (Phi) is 4.90. The van der Waals surface area contributed by atoms with Gasteiger partial charge >= 0.3 is 0 Å². The molecule has 0 bridgehead atoms. The van der Waals surface area contributed by atoms with Crippen LogP contribution in [0.15, 0.2) is 39.8 Å². The van der Waals surface area contributed by atoms with Crippen molar-refractivity contribution in [2.75, 3.05) is 12.8 Å². The summed E-state index contributed by atoms with van der Waals surface area (Å²) in [6.45, 7) is 3.99. The van der Waals surface area contributed by atoms with Crippen LogP contribution in [-0.4, -0.2) is 33.0 Å². The summed E-state index contributed by atoms with van der Waals surface area (Å²) >= 11 is 0. The summed E-state index contributed by atoms with van der Waals surface area (Å²) in [5.41, 5.74) is 1.16. The monoisotopic (exact) mass is 306 g/mol. The molecule has 6 heteroatoms. The van der Waals surface area contributed by atoms with Gasteiger partial charge in [-0.05, 0) is 19.1 Å². The first-order chi connectivity index (χ1) is 10.0. The molecule has 21 heavy (non-hydrogen) atoms. The molecular formula is C15H18N2O3S. The lowest BCUT2D eigenvalue weighted by Gasteiger charge is -2.17. The van der Waals surface area contributed by atoms with E-state index < -0.39 is 10.8 Å². The third-order valence-electron chi connectivity index (χ3n) is 3.05. The average molecular weight is 306 g/mol. The highest BCUT2D eigenvalue weighted by molar-refractivity contribution is 7.85. The van der Waals surface area contributed by atoms with E-state index in [0.29, 0.717) is 34.2 Å². The number of carbonyl (C=O) groups excluding carboxylic acids is 1. The van der Waals surface area contributed by atoms with Crippen molar-refractivity contribution >= 4 is 16.7 Å². The van der Waals surface area contributed by atoms with Crippen molar-refractivity contribution < 1.29 is 13.5 Å². The van der Waals surface area contributed by atoms with Crippen molar-refractivity contribution in [1.82, 2.24) is 10.1 Å². The predicted octanol–water partition coefficient (Wildman–Crippen LogP) is 2.38. The Balaban J connectivity index is 2.21. The van der Waals surface area contributed by atoms with Crippen LogP contribution in [0.25, 0.3) is 0 Å². The van der Waals surface area contributed by atoms with Gasteiger partial charge in [0.25, 0.3) is 5.91 Å². The highest BCUT2D eigenvalue weighted by atomic mass is 32.2. The Hall–Kier alpha value is -1.95. The fourth-order valence-corrected chi connectivity index (χ4v) is 2.95. The lowest BCUT2D eigenvalue weighted by atomic mass is 10.2. The third-order valence-corrected chi connectivity index (χ3v) is 4.42. The summed E-state index contributed by atoms with van der Waals surface area (Å²) in [7, 11) is 0.529. The van der Waals surface area contributed by atoms with Crippen molar-refractivity contribution in [3.8, 4) is 0 Å². The summed E-state index contributed by atoms with van der Waals surface area (Å²) in [6.07, 6.45) is 0. The molecule has 112 valence electrons. The van der Waals surface area contributed by atoms with Crippen LogP contribution in [-0.2, 0) is 17.3 Å². The molecule has 0 unspecified atom stereocenters. The second-order valence-corrected chi connectivity index (χ2v) is 6.43. The molecule has 0 saturated heterocycles. The molecule has 0 fully saturated rings. The highest BCUT2D eigenvalue weighted by Crippen LogP contribution is 2.17. The van der Waals surface area contributed by atoms with Gasteiger partial charge in [-0.15, -0.1) is 0 Å². The first kappa shape index (κ1) is 15.4. The normalized spacial score (nSPS) is 12.1. The Bertz CT molecular complexity index is 666. The molecule has 5 nitrogen and oxygen atoms in total. The van der Waals surface area contributed by atoms with Crippen molar-refractivity contribution in [3.05, 3.63) is 47.3 Å². The number of amides is 1. The van der Waals surface area contributed by atoms with Crippen molar-refractivity contribution in [2.24, 2.45) is 0 Å². The van der Waals surface area contributed by atoms with E-state index >= 15 is 0 Å². The molecule has 1 aromatic heterocycles. The second kappa shape index (κ2) is 6.67. The summed E-state index contributed by atoms with van der Waals surface area (Å²) < 4.78 is 17.0. The lowest BCUT2D eigenvalue weighted by molar-refractivity contribution is 0.0778. The molecule has 1 heterocycles. The minimum Gasteiger partial charge on any atom is -0.361 e. The van der Waals surface area contributed by atoms with E-state index in [2.05, 4.69) is 5.16 Å². The van der Waals surface area contributed by atoms with E-state index in [1.165, 1.54) is 0 Å². The summed E-state index contributed by atoms with van der Waals surface area (Å²) in [5, 5.41) is 3.88. The van der Waals surface area contributed by atoms with Crippen LogP contribution in [0.4, 0.5) is 0 Å². The Labute approximate surface area is 126 Å². The van der Waals surface area contributed by atoms with Crippen LogP contribution in [0, 0.1) is 6.92 Å². The van der Waals surface area contributed by atoms with Crippen LogP contribution < -0.4 is 0 Å². The van der Waals surface area contributed by atoms with E-state index in [0.717, 1.165) is 0 Å². The molecule has 0 aliphatic rings. The fraction of sp³-hybridized carbons (Fsp3) is 0.333. The molecule has 0 spiro atoms. The maximum atomic E-state index is 12.5. The molecule has 0 N–H and O–H groups in total. The Morgan fingerprint density at radius 2 is 2.10 bits per heavy atom. The standard InChI is InChI=1S/C15H18N2O3S/c1-4-21(19)14-8-6-5-7-13(14)15(18)17(3)10-12-9-11(2)20-16-12/h5-9H,4,10H2,1-3H3/t21-/m1/s1. The van der Waals surface area contributed by atoms with Crippen LogP contribution in [0.5, 0.6) is 0 Å². The van der Waals surface area contributed by atoms with E-state index in [-0.39, 0.29) is 5.91 Å². The zero-order chi connectivity index (χ0) is 15.4. The topological polar surface area (TPSA) is 63.4 Å². The first-order valence-corrected chi connectivity index (χ1v) is 8.00. The van der Waals surface area contributed by atoms with Crippen molar-refractivity contribution in [2.45, 2.75) is 25.3 Å². The van der Waals surface area contributed by atoms with E-state index in [1.54, 1.807) is 49.2 Å². The fourth-order valence-electron chi connectivity index (χ4n) is 2.01. The minimum absolute atomic E-state index is 0.173. The van der Waals surface area contributed by atoms with Gasteiger partial charge in [-0.1, -0.05) is 24.2 Å². The van der Waals surface area contributed by atoms with Crippen LogP contribution >= 0.6 is 0 Å². The maximum absolute atomic E-state index is 12.5. The van der Waals surface area contributed by atoms with Crippen LogP contribution in [0.3, 0.4) is 0 Å². The number of rotatable bonds is 5. The number of nitrogens with zero attached hydrogens (tertiary/aromatic N) is 2.